The summed E-state index contributed by atoms with van der Waals surface area (Å²) in [5.74, 6) is 0.763. The third kappa shape index (κ3) is 3.96. The number of para-hydroxylation sites is 1. The molecule has 0 radical (unpaired) electrons. The number of nitrogens with zero attached hydrogens (tertiary/aromatic N) is 1. The van der Waals surface area contributed by atoms with Crippen LogP contribution in [0.3, 0.4) is 0 Å². The number of carbonyl (C=O) groups excluding carboxylic acids is 1. The second-order valence-electron chi connectivity index (χ2n) is 4.60. The molecule has 3 rings (SSSR count). The molecule has 0 spiro atoms. The highest BCUT2D eigenvalue weighted by Gasteiger charge is 2.06. The molecule has 0 saturated heterocycles. The van der Waals surface area contributed by atoms with E-state index in [-0.39, 0.29) is 5.91 Å². The summed E-state index contributed by atoms with van der Waals surface area (Å²) < 4.78 is 1.06. The van der Waals surface area contributed by atoms with E-state index in [1.165, 1.54) is 5.56 Å². The lowest BCUT2D eigenvalue weighted by Gasteiger charge is -2.06. The van der Waals surface area contributed by atoms with E-state index in [2.05, 4.69) is 10.3 Å². The maximum atomic E-state index is 12.1. The summed E-state index contributed by atoms with van der Waals surface area (Å²) >= 11 is 3.34. The van der Waals surface area contributed by atoms with Gasteiger partial charge in [-0.1, -0.05) is 42.1 Å². The SMILES string of the molecule is O=C(Nc1ccccc1)c1ccc(CSc2nccs2)cc1. The topological polar surface area (TPSA) is 42.0 Å². The number of rotatable bonds is 5. The normalized spacial score (nSPS) is 10.4. The number of carbonyl (C=O) groups is 1. The largest absolute Gasteiger partial charge is 0.322 e. The Balaban J connectivity index is 1.60. The van der Waals surface area contributed by atoms with Crippen LogP contribution in [0.1, 0.15) is 15.9 Å². The van der Waals surface area contributed by atoms with E-state index in [0.717, 1.165) is 15.8 Å². The van der Waals surface area contributed by atoms with Crippen molar-refractivity contribution in [2.75, 3.05) is 5.32 Å². The van der Waals surface area contributed by atoms with Gasteiger partial charge in [0.2, 0.25) is 0 Å². The molecule has 0 atom stereocenters. The van der Waals surface area contributed by atoms with Crippen LogP contribution in [0.25, 0.3) is 0 Å². The van der Waals surface area contributed by atoms with Gasteiger partial charge < -0.3 is 5.32 Å². The van der Waals surface area contributed by atoms with Gasteiger partial charge in [0.15, 0.2) is 0 Å². The molecular weight excluding hydrogens is 312 g/mol. The molecule has 22 heavy (non-hydrogen) atoms. The molecule has 0 saturated carbocycles. The second-order valence-corrected chi connectivity index (χ2v) is 6.72. The number of hydrogen-bond acceptors (Lipinski definition) is 4. The Bertz CT molecular complexity index is 725. The van der Waals surface area contributed by atoms with E-state index in [9.17, 15) is 4.79 Å². The van der Waals surface area contributed by atoms with Crippen molar-refractivity contribution in [1.82, 2.24) is 4.98 Å². The Hall–Kier alpha value is -2.11. The van der Waals surface area contributed by atoms with E-state index >= 15 is 0 Å². The molecule has 2 aromatic carbocycles. The molecule has 0 unspecified atom stereocenters. The Morgan fingerprint density at radius 2 is 1.86 bits per heavy atom. The maximum Gasteiger partial charge on any atom is 0.255 e. The molecule has 5 heteroatoms. The van der Waals surface area contributed by atoms with Gasteiger partial charge in [-0.2, -0.15) is 0 Å². The van der Waals surface area contributed by atoms with Crippen LogP contribution in [0.5, 0.6) is 0 Å². The molecule has 1 amide bonds. The van der Waals surface area contributed by atoms with E-state index < -0.39 is 0 Å². The average molecular weight is 326 g/mol. The number of aromatic nitrogens is 1. The summed E-state index contributed by atoms with van der Waals surface area (Å²) in [4.78, 5) is 16.4. The summed E-state index contributed by atoms with van der Waals surface area (Å²) in [6, 6.07) is 17.1. The molecule has 3 nitrogen and oxygen atoms in total. The van der Waals surface area contributed by atoms with Gasteiger partial charge >= 0.3 is 0 Å². The Morgan fingerprint density at radius 3 is 2.55 bits per heavy atom. The predicted octanol–water partition coefficient (Wildman–Crippen LogP) is 4.69. The van der Waals surface area contributed by atoms with Gasteiger partial charge in [0.1, 0.15) is 4.34 Å². The molecule has 110 valence electrons. The highest BCUT2D eigenvalue weighted by molar-refractivity contribution is 8.00. The quantitative estimate of drug-likeness (QED) is 0.692. The van der Waals surface area contributed by atoms with Gasteiger partial charge in [-0.05, 0) is 29.8 Å². The molecule has 0 bridgehead atoms. The third-order valence-electron chi connectivity index (χ3n) is 3.02. The summed E-state index contributed by atoms with van der Waals surface area (Å²) in [5, 5.41) is 4.85. The number of anilines is 1. The number of thioether (sulfide) groups is 1. The van der Waals surface area contributed by atoms with Crippen molar-refractivity contribution < 1.29 is 4.79 Å². The van der Waals surface area contributed by atoms with Crippen LogP contribution in [-0.4, -0.2) is 10.9 Å². The van der Waals surface area contributed by atoms with Crippen molar-refractivity contribution in [2.24, 2.45) is 0 Å². The fourth-order valence-corrected chi connectivity index (χ4v) is 3.50. The lowest BCUT2D eigenvalue weighted by Crippen LogP contribution is -2.11. The summed E-state index contributed by atoms with van der Waals surface area (Å²) in [6.07, 6.45) is 1.81. The molecule has 3 aromatic rings. The summed E-state index contributed by atoms with van der Waals surface area (Å²) in [6.45, 7) is 0. The van der Waals surface area contributed by atoms with E-state index in [4.69, 9.17) is 0 Å². The molecule has 0 aliphatic heterocycles. The third-order valence-corrected chi connectivity index (χ3v) is 5.06. The van der Waals surface area contributed by atoms with Crippen molar-refractivity contribution in [3.05, 3.63) is 77.3 Å². The van der Waals surface area contributed by atoms with Crippen molar-refractivity contribution in [3.63, 3.8) is 0 Å². The lowest BCUT2D eigenvalue weighted by molar-refractivity contribution is 0.102. The second kappa shape index (κ2) is 7.24. The van der Waals surface area contributed by atoms with Crippen LogP contribution >= 0.6 is 23.1 Å². The van der Waals surface area contributed by atoms with E-state index in [0.29, 0.717) is 5.56 Å². The number of thiazole rings is 1. The zero-order chi connectivity index (χ0) is 15.2. The summed E-state index contributed by atoms with van der Waals surface area (Å²) in [5.41, 5.74) is 2.64. The van der Waals surface area contributed by atoms with Crippen LogP contribution in [0, 0.1) is 0 Å². The van der Waals surface area contributed by atoms with Gasteiger partial charge in [0, 0.05) is 28.6 Å². The molecular formula is C17H14N2OS2. The van der Waals surface area contributed by atoms with Crippen molar-refractivity contribution in [2.45, 2.75) is 10.1 Å². The van der Waals surface area contributed by atoms with Crippen molar-refractivity contribution >= 4 is 34.7 Å². The Morgan fingerprint density at radius 1 is 1.09 bits per heavy atom. The van der Waals surface area contributed by atoms with Crippen LogP contribution < -0.4 is 5.32 Å². The minimum atomic E-state index is -0.0923. The van der Waals surface area contributed by atoms with Crippen molar-refractivity contribution in [3.8, 4) is 0 Å². The molecule has 1 aromatic heterocycles. The smallest absolute Gasteiger partial charge is 0.255 e. The maximum absolute atomic E-state index is 12.1. The number of nitrogens with one attached hydrogen (secondary N) is 1. The van der Waals surface area contributed by atoms with Gasteiger partial charge in [0.25, 0.3) is 5.91 Å². The number of amides is 1. The van der Waals surface area contributed by atoms with Crippen LogP contribution in [0.4, 0.5) is 5.69 Å². The first-order valence-corrected chi connectivity index (χ1v) is 8.65. The fourth-order valence-electron chi connectivity index (χ4n) is 1.90. The first-order chi connectivity index (χ1) is 10.8. The van der Waals surface area contributed by atoms with Crippen molar-refractivity contribution in [1.29, 1.82) is 0 Å². The Kier molecular flexibility index (Phi) is 4.88. The van der Waals surface area contributed by atoms with Gasteiger partial charge in [-0.25, -0.2) is 4.98 Å². The minimum Gasteiger partial charge on any atom is -0.322 e. The zero-order valence-electron chi connectivity index (χ0n) is 11.7. The van der Waals surface area contributed by atoms with E-state index in [1.54, 1.807) is 23.1 Å². The van der Waals surface area contributed by atoms with Gasteiger partial charge in [0.05, 0.1) is 0 Å². The number of benzene rings is 2. The molecule has 0 aliphatic carbocycles. The first kappa shape index (κ1) is 14.8. The van der Waals surface area contributed by atoms with Gasteiger partial charge in [-0.3, -0.25) is 4.79 Å². The van der Waals surface area contributed by atoms with Crippen LogP contribution in [0.15, 0.2) is 70.5 Å². The molecule has 1 heterocycles. The monoisotopic (exact) mass is 326 g/mol. The standard InChI is InChI=1S/C17H14N2OS2/c20-16(19-15-4-2-1-3-5-15)14-8-6-13(7-9-14)12-22-17-18-10-11-21-17/h1-11H,12H2,(H,19,20). The predicted molar refractivity (Wildman–Crippen MR) is 92.5 cm³/mol. The van der Waals surface area contributed by atoms with E-state index in [1.807, 2.05) is 66.2 Å². The van der Waals surface area contributed by atoms with Gasteiger partial charge in [-0.15, -0.1) is 11.3 Å². The molecule has 0 fully saturated rings. The summed E-state index contributed by atoms with van der Waals surface area (Å²) in [7, 11) is 0. The fraction of sp³-hybridized carbons (Fsp3) is 0.0588. The zero-order valence-corrected chi connectivity index (χ0v) is 13.4. The highest BCUT2D eigenvalue weighted by atomic mass is 32.2. The van der Waals surface area contributed by atoms with Crippen LogP contribution in [0.2, 0.25) is 0 Å². The minimum absolute atomic E-state index is 0.0923. The number of hydrogen-bond donors (Lipinski definition) is 1. The molecule has 1 N–H and O–H groups in total. The van der Waals surface area contributed by atoms with Crippen LogP contribution in [-0.2, 0) is 5.75 Å². The molecule has 0 aliphatic rings. The first-order valence-electron chi connectivity index (χ1n) is 6.79. The lowest BCUT2D eigenvalue weighted by atomic mass is 10.1. The average Bonchev–Trinajstić information content (AvgIpc) is 3.08. The Labute approximate surface area is 137 Å². The highest BCUT2D eigenvalue weighted by Crippen LogP contribution is 2.24.